The second-order valence-corrected chi connectivity index (χ2v) is 4.99. The Morgan fingerprint density at radius 1 is 1.29 bits per heavy atom. The molecule has 0 fully saturated rings. The molecule has 17 heavy (non-hydrogen) atoms. The van der Waals surface area contributed by atoms with Crippen molar-refractivity contribution in [2.45, 2.75) is 39.2 Å². The second-order valence-electron chi connectivity index (χ2n) is 4.99. The lowest BCUT2D eigenvalue weighted by Crippen LogP contribution is -2.26. The standard InChI is InChI=1S/C14H17NO2/c1-10(13(16)17-14(2,3)4)12-7-5-11(9-15)6-8-12/h5-8,10H,1-4H3/t10-/m0/s1. The summed E-state index contributed by atoms with van der Waals surface area (Å²) >= 11 is 0. The van der Waals surface area contributed by atoms with Crippen LogP contribution < -0.4 is 0 Å². The van der Waals surface area contributed by atoms with Gasteiger partial charge >= 0.3 is 5.97 Å². The first kappa shape index (κ1) is 13.2. The van der Waals surface area contributed by atoms with Gasteiger partial charge in [0.2, 0.25) is 0 Å². The molecule has 0 bridgehead atoms. The van der Waals surface area contributed by atoms with Crippen LogP contribution in [-0.2, 0) is 9.53 Å². The third kappa shape index (κ3) is 3.92. The molecule has 0 saturated heterocycles. The van der Waals surface area contributed by atoms with E-state index in [4.69, 9.17) is 10.00 Å². The van der Waals surface area contributed by atoms with Crippen LogP contribution in [0.4, 0.5) is 0 Å². The monoisotopic (exact) mass is 231 g/mol. The second kappa shape index (κ2) is 5.01. The molecule has 3 nitrogen and oxygen atoms in total. The third-order valence-electron chi connectivity index (χ3n) is 2.30. The Hall–Kier alpha value is -1.82. The fraction of sp³-hybridized carbons (Fsp3) is 0.429. The summed E-state index contributed by atoms with van der Waals surface area (Å²) < 4.78 is 5.31. The molecule has 0 aromatic heterocycles. The molecule has 0 spiro atoms. The SMILES string of the molecule is C[C@H](C(=O)OC(C)(C)C)c1ccc(C#N)cc1. The van der Waals surface area contributed by atoms with Crippen molar-refractivity contribution in [3.63, 3.8) is 0 Å². The molecular weight excluding hydrogens is 214 g/mol. The summed E-state index contributed by atoms with van der Waals surface area (Å²) in [6.45, 7) is 7.33. The van der Waals surface area contributed by atoms with Crippen LogP contribution in [0.5, 0.6) is 0 Å². The first-order chi connectivity index (χ1) is 7.83. The molecule has 0 radical (unpaired) electrons. The summed E-state index contributed by atoms with van der Waals surface area (Å²) in [5.41, 5.74) is 0.973. The van der Waals surface area contributed by atoms with Crippen LogP contribution in [0.25, 0.3) is 0 Å². The Balaban J connectivity index is 2.79. The van der Waals surface area contributed by atoms with E-state index in [9.17, 15) is 4.79 Å². The summed E-state index contributed by atoms with van der Waals surface area (Å²) in [7, 11) is 0. The fourth-order valence-corrected chi connectivity index (χ4v) is 1.37. The van der Waals surface area contributed by atoms with E-state index in [2.05, 4.69) is 0 Å². The lowest BCUT2D eigenvalue weighted by molar-refractivity contribution is -0.156. The summed E-state index contributed by atoms with van der Waals surface area (Å²) in [5.74, 6) is -0.566. The van der Waals surface area contributed by atoms with Gasteiger partial charge in [-0.1, -0.05) is 12.1 Å². The normalized spacial score (nSPS) is 12.6. The molecule has 0 amide bonds. The van der Waals surface area contributed by atoms with Crippen molar-refractivity contribution in [2.24, 2.45) is 0 Å². The van der Waals surface area contributed by atoms with E-state index >= 15 is 0 Å². The maximum atomic E-state index is 11.8. The highest BCUT2D eigenvalue weighted by atomic mass is 16.6. The zero-order valence-electron chi connectivity index (χ0n) is 10.7. The van der Waals surface area contributed by atoms with E-state index < -0.39 is 5.60 Å². The molecule has 0 aliphatic rings. The molecule has 0 heterocycles. The first-order valence-corrected chi connectivity index (χ1v) is 5.56. The van der Waals surface area contributed by atoms with Gasteiger partial charge in [0.05, 0.1) is 17.6 Å². The number of nitriles is 1. The lowest BCUT2D eigenvalue weighted by atomic mass is 10.00. The van der Waals surface area contributed by atoms with Gasteiger partial charge in [-0.05, 0) is 45.4 Å². The van der Waals surface area contributed by atoms with Crippen LogP contribution in [0.2, 0.25) is 0 Å². The van der Waals surface area contributed by atoms with E-state index in [-0.39, 0.29) is 11.9 Å². The predicted molar refractivity (Wildman–Crippen MR) is 65.4 cm³/mol. The van der Waals surface area contributed by atoms with E-state index in [1.165, 1.54) is 0 Å². The largest absolute Gasteiger partial charge is 0.460 e. The minimum atomic E-state index is -0.474. The van der Waals surface area contributed by atoms with E-state index in [0.29, 0.717) is 5.56 Å². The highest BCUT2D eigenvalue weighted by molar-refractivity contribution is 5.78. The van der Waals surface area contributed by atoms with Crippen molar-refractivity contribution >= 4 is 5.97 Å². The zero-order valence-corrected chi connectivity index (χ0v) is 10.7. The molecule has 0 saturated carbocycles. The number of hydrogen-bond acceptors (Lipinski definition) is 3. The number of hydrogen-bond donors (Lipinski definition) is 0. The fourth-order valence-electron chi connectivity index (χ4n) is 1.37. The molecule has 0 unspecified atom stereocenters. The van der Waals surface area contributed by atoms with Crippen LogP contribution in [0, 0.1) is 11.3 Å². The number of ether oxygens (including phenoxy) is 1. The molecule has 1 aromatic rings. The first-order valence-electron chi connectivity index (χ1n) is 5.56. The zero-order chi connectivity index (χ0) is 13.1. The van der Waals surface area contributed by atoms with Gasteiger partial charge in [0.15, 0.2) is 0 Å². The maximum Gasteiger partial charge on any atom is 0.313 e. The van der Waals surface area contributed by atoms with Crippen LogP contribution >= 0.6 is 0 Å². The van der Waals surface area contributed by atoms with Gasteiger partial charge < -0.3 is 4.74 Å². The minimum Gasteiger partial charge on any atom is -0.460 e. The molecule has 90 valence electrons. The van der Waals surface area contributed by atoms with Crippen LogP contribution in [-0.4, -0.2) is 11.6 Å². The average Bonchev–Trinajstić information content (AvgIpc) is 2.26. The summed E-state index contributed by atoms with van der Waals surface area (Å²) in [6.07, 6.45) is 0. The Morgan fingerprint density at radius 3 is 2.24 bits per heavy atom. The van der Waals surface area contributed by atoms with Gasteiger partial charge in [-0.2, -0.15) is 5.26 Å². The van der Waals surface area contributed by atoms with E-state index in [1.807, 2.05) is 26.8 Å². The summed E-state index contributed by atoms with van der Waals surface area (Å²) in [5, 5.41) is 8.69. The molecule has 1 rings (SSSR count). The average molecular weight is 231 g/mol. The molecule has 3 heteroatoms. The number of nitrogens with zero attached hydrogens (tertiary/aromatic N) is 1. The molecule has 0 aliphatic carbocycles. The van der Waals surface area contributed by atoms with Crippen molar-refractivity contribution in [3.05, 3.63) is 35.4 Å². The molecule has 0 N–H and O–H groups in total. The third-order valence-corrected chi connectivity index (χ3v) is 2.30. The van der Waals surface area contributed by atoms with E-state index in [1.54, 1.807) is 31.2 Å². The molecule has 0 aliphatic heterocycles. The topological polar surface area (TPSA) is 50.1 Å². The number of carbonyl (C=O) groups excluding carboxylic acids is 1. The van der Waals surface area contributed by atoms with Crippen LogP contribution in [0.15, 0.2) is 24.3 Å². The molecule has 1 aromatic carbocycles. The van der Waals surface area contributed by atoms with Crippen molar-refractivity contribution < 1.29 is 9.53 Å². The Morgan fingerprint density at radius 2 is 1.82 bits per heavy atom. The van der Waals surface area contributed by atoms with Gasteiger partial charge in [-0.25, -0.2) is 0 Å². The van der Waals surface area contributed by atoms with Gasteiger partial charge in [0.25, 0.3) is 0 Å². The van der Waals surface area contributed by atoms with E-state index in [0.717, 1.165) is 5.56 Å². The maximum absolute atomic E-state index is 11.8. The highest BCUT2D eigenvalue weighted by Crippen LogP contribution is 2.20. The van der Waals surface area contributed by atoms with Crippen molar-refractivity contribution in [3.8, 4) is 6.07 Å². The highest BCUT2D eigenvalue weighted by Gasteiger charge is 2.22. The van der Waals surface area contributed by atoms with Crippen LogP contribution in [0.1, 0.15) is 44.7 Å². The summed E-state index contributed by atoms with van der Waals surface area (Å²) in [6, 6.07) is 9.02. The van der Waals surface area contributed by atoms with Crippen molar-refractivity contribution in [2.75, 3.05) is 0 Å². The Bertz CT molecular complexity index is 435. The van der Waals surface area contributed by atoms with Gasteiger partial charge in [-0.15, -0.1) is 0 Å². The summed E-state index contributed by atoms with van der Waals surface area (Å²) in [4.78, 5) is 11.8. The number of rotatable bonds is 2. The number of esters is 1. The Labute approximate surface area is 102 Å². The van der Waals surface area contributed by atoms with Gasteiger partial charge in [0.1, 0.15) is 5.60 Å². The van der Waals surface area contributed by atoms with Gasteiger partial charge in [0, 0.05) is 0 Å². The quantitative estimate of drug-likeness (QED) is 0.735. The van der Waals surface area contributed by atoms with Crippen LogP contribution in [0.3, 0.4) is 0 Å². The van der Waals surface area contributed by atoms with Crippen molar-refractivity contribution in [1.82, 2.24) is 0 Å². The number of benzene rings is 1. The lowest BCUT2D eigenvalue weighted by Gasteiger charge is -2.22. The smallest absolute Gasteiger partial charge is 0.313 e. The van der Waals surface area contributed by atoms with Crippen molar-refractivity contribution in [1.29, 1.82) is 5.26 Å². The molecule has 1 atom stereocenters. The number of carbonyl (C=O) groups is 1. The Kier molecular flexibility index (Phi) is 3.90. The minimum absolute atomic E-state index is 0.248. The molecular formula is C14H17NO2. The predicted octanol–water partition coefficient (Wildman–Crippen LogP) is 3.00. The van der Waals surface area contributed by atoms with Gasteiger partial charge in [-0.3, -0.25) is 4.79 Å².